The number of aryl methyl sites for hydroxylation is 1. The van der Waals surface area contributed by atoms with Gasteiger partial charge in [0.25, 0.3) is 0 Å². The van der Waals surface area contributed by atoms with Crippen molar-refractivity contribution >= 4 is 23.4 Å². The number of nitrogens with zero attached hydrogens (tertiary/aromatic N) is 4. The third kappa shape index (κ3) is 5.14. The van der Waals surface area contributed by atoms with E-state index >= 15 is 0 Å². The molecule has 0 saturated carbocycles. The van der Waals surface area contributed by atoms with Crippen LogP contribution in [0, 0.1) is 0 Å². The number of benzene rings is 1. The highest BCUT2D eigenvalue weighted by Crippen LogP contribution is 2.31. The molecule has 0 bridgehead atoms. The number of nitrogens with one attached hydrogen (secondary N) is 1. The van der Waals surface area contributed by atoms with E-state index in [9.17, 15) is 0 Å². The summed E-state index contributed by atoms with van der Waals surface area (Å²) in [6.45, 7) is 1.48. The Kier molecular flexibility index (Phi) is 7.77. The Bertz CT molecular complexity index is 840. The smallest absolute Gasteiger partial charge is 0.209 e. The first kappa shape index (κ1) is 20.6. The van der Waals surface area contributed by atoms with Crippen molar-refractivity contribution in [1.82, 2.24) is 25.5 Å². The van der Waals surface area contributed by atoms with Crippen molar-refractivity contribution in [1.29, 1.82) is 0 Å². The molecule has 1 N–H and O–H groups in total. The van der Waals surface area contributed by atoms with Gasteiger partial charge in [0.05, 0.1) is 18.7 Å². The van der Waals surface area contributed by atoms with Crippen molar-refractivity contribution < 1.29 is 21.6 Å². The van der Waals surface area contributed by atoms with Crippen LogP contribution < -0.4 is 22.5 Å². The maximum atomic E-state index is 6.16. The van der Waals surface area contributed by atoms with E-state index in [-0.39, 0.29) is 12.4 Å². The first-order valence-corrected chi connectivity index (χ1v) is 9.02. The molecule has 0 fully saturated rings. The summed E-state index contributed by atoms with van der Waals surface area (Å²) in [5.74, 6) is 3.16. The second-order valence-corrected chi connectivity index (χ2v) is 6.69. The average molecular weight is 415 g/mol. The average Bonchev–Trinajstić information content (AvgIpc) is 3.24. The van der Waals surface area contributed by atoms with Crippen LogP contribution in [0.15, 0.2) is 39.9 Å². The van der Waals surface area contributed by atoms with Gasteiger partial charge in [-0.05, 0) is 40.8 Å². The Balaban J connectivity index is 0.00000243. The summed E-state index contributed by atoms with van der Waals surface area (Å²) < 4.78 is 12.7. The Hall–Kier alpha value is -1.74. The topological polar surface area (TPSA) is 78.0 Å². The monoisotopic (exact) mass is 414 g/mol. The van der Waals surface area contributed by atoms with E-state index in [0.29, 0.717) is 17.3 Å². The molecule has 0 radical (unpaired) electrons. The molecule has 0 unspecified atom stereocenters. The van der Waals surface area contributed by atoms with E-state index in [4.69, 9.17) is 20.8 Å². The number of hydrogen-bond donors (Lipinski definition) is 1. The van der Waals surface area contributed by atoms with Crippen molar-refractivity contribution in [2.75, 3.05) is 19.4 Å². The summed E-state index contributed by atoms with van der Waals surface area (Å²) in [4.78, 5) is 0. The number of methoxy groups -OCH3 is 1. The van der Waals surface area contributed by atoms with Crippen molar-refractivity contribution in [2.24, 2.45) is 7.05 Å². The molecular formula is C16H18Cl2N5O2S-. The molecule has 0 aliphatic rings. The zero-order valence-corrected chi connectivity index (χ0v) is 16.6. The van der Waals surface area contributed by atoms with Gasteiger partial charge in [-0.25, -0.2) is 4.68 Å². The van der Waals surface area contributed by atoms with Gasteiger partial charge in [-0.1, -0.05) is 23.4 Å². The maximum Gasteiger partial charge on any atom is 0.209 e. The lowest BCUT2D eigenvalue weighted by molar-refractivity contribution is -0.00000605. The summed E-state index contributed by atoms with van der Waals surface area (Å²) in [5.41, 5.74) is 0.919. The van der Waals surface area contributed by atoms with Gasteiger partial charge >= 0.3 is 0 Å². The summed E-state index contributed by atoms with van der Waals surface area (Å²) in [6.07, 6.45) is 0. The van der Waals surface area contributed by atoms with Crippen molar-refractivity contribution in [3.8, 4) is 17.1 Å². The normalized spacial score (nSPS) is 10.6. The number of thioether (sulfide) groups is 1. The highest BCUT2D eigenvalue weighted by atomic mass is 35.5. The van der Waals surface area contributed by atoms with Gasteiger partial charge < -0.3 is 26.9 Å². The predicted octanol–water partition coefficient (Wildman–Crippen LogP) is 0.0180. The molecule has 1 aromatic carbocycles. The van der Waals surface area contributed by atoms with Crippen molar-refractivity contribution in [3.63, 3.8) is 0 Å². The van der Waals surface area contributed by atoms with Crippen molar-refractivity contribution in [2.45, 2.75) is 11.7 Å². The van der Waals surface area contributed by atoms with E-state index < -0.39 is 0 Å². The second-order valence-electron chi connectivity index (χ2n) is 5.23. The van der Waals surface area contributed by atoms with Gasteiger partial charge in [-0.15, -0.1) is 5.10 Å². The van der Waals surface area contributed by atoms with Crippen LogP contribution in [0.1, 0.15) is 5.76 Å². The molecule has 26 heavy (non-hydrogen) atoms. The molecule has 3 rings (SSSR count). The molecule has 0 saturated heterocycles. The number of halogens is 2. The number of ether oxygens (including phenoxy) is 1. The van der Waals surface area contributed by atoms with Crippen LogP contribution in [0.25, 0.3) is 11.3 Å². The number of furan rings is 1. The predicted molar refractivity (Wildman–Crippen MR) is 96.9 cm³/mol. The minimum atomic E-state index is 0. The van der Waals surface area contributed by atoms with Crippen LogP contribution in [-0.2, 0) is 13.6 Å². The molecule has 0 atom stereocenters. The van der Waals surface area contributed by atoms with Crippen LogP contribution in [0.5, 0.6) is 5.75 Å². The molecule has 0 aliphatic carbocycles. The minimum Gasteiger partial charge on any atom is -1.00 e. The zero-order valence-electron chi connectivity index (χ0n) is 14.3. The van der Waals surface area contributed by atoms with Gasteiger partial charge in [-0.3, -0.25) is 0 Å². The fourth-order valence-corrected chi connectivity index (χ4v) is 3.22. The van der Waals surface area contributed by atoms with E-state index in [1.807, 2.05) is 37.4 Å². The third-order valence-electron chi connectivity index (χ3n) is 3.49. The third-order valence-corrected chi connectivity index (χ3v) is 4.80. The van der Waals surface area contributed by atoms with Crippen LogP contribution in [-0.4, -0.2) is 39.6 Å². The van der Waals surface area contributed by atoms with E-state index in [0.717, 1.165) is 34.5 Å². The van der Waals surface area contributed by atoms with E-state index in [1.165, 1.54) is 0 Å². The Morgan fingerprint density at radius 3 is 2.85 bits per heavy atom. The number of hydrogen-bond acceptors (Lipinski definition) is 7. The fraction of sp³-hybridized carbons (Fsp3) is 0.312. The Morgan fingerprint density at radius 1 is 1.31 bits per heavy atom. The van der Waals surface area contributed by atoms with Gasteiger partial charge in [0.2, 0.25) is 5.16 Å². The number of rotatable bonds is 8. The van der Waals surface area contributed by atoms with Crippen LogP contribution in [0.4, 0.5) is 0 Å². The van der Waals surface area contributed by atoms with E-state index in [1.54, 1.807) is 23.6 Å². The highest BCUT2D eigenvalue weighted by molar-refractivity contribution is 7.99. The highest BCUT2D eigenvalue weighted by Gasteiger charge is 2.08. The van der Waals surface area contributed by atoms with Crippen LogP contribution in [0.3, 0.4) is 0 Å². The lowest BCUT2D eigenvalue weighted by Crippen LogP contribution is -3.00. The Morgan fingerprint density at radius 2 is 2.15 bits per heavy atom. The molecular weight excluding hydrogens is 397 g/mol. The SMILES string of the molecule is COc1ccc(-c2ccc(CNCCSc3nnnn3C)o2)cc1Cl.[Cl-]. The molecule has 0 aliphatic heterocycles. The molecule has 140 valence electrons. The fourth-order valence-electron chi connectivity index (χ4n) is 2.22. The van der Waals surface area contributed by atoms with Gasteiger partial charge in [0.1, 0.15) is 17.3 Å². The standard InChI is InChI=1S/C16H18ClN5O2S.ClH/c1-22-16(19-20-21-22)25-8-7-18-10-12-4-6-14(24-12)11-3-5-15(23-2)13(17)9-11;/h3-6,9,18H,7-8,10H2,1-2H3;1H/p-1. The molecule has 2 aromatic heterocycles. The molecule has 0 spiro atoms. The quantitative estimate of drug-likeness (QED) is 0.411. The molecule has 2 heterocycles. The largest absolute Gasteiger partial charge is 1.00 e. The van der Waals surface area contributed by atoms with Crippen LogP contribution >= 0.6 is 23.4 Å². The summed E-state index contributed by atoms with van der Waals surface area (Å²) in [7, 11) is 3.42. The summed E-state index contributed by atoms with van der Waals surface area (Å²) in [5, 5.41) is 16.0. The molecule has 3 aromatic rings. The Labute approximate surface area is 166 Å². The number of tetrazole rings is 1. The second kappa shape index (κ2) is 9.82. The van der Waals surface area contributed by atoms with E-state index in [2.05, 4.69) is 20.8 Å². The number of aromatic nitrogens is 4. The van der Waals surface area contributed by atoms with Gasteiger partial charge in [0, 0.05) is 24.9 Å². The first-order chi connectivity index (χ1) is 12.2. The van der Waals surface area contributed by atoms with Gasteiger partial charge in [-0.2, -0.15) is 0 Å². The van der Waals surface area contributed by atoms with Gasteiger partial charge in [0.15, 0.2) is 0 Å². The first-order valence-electron chi connectivity index (χ1n) is 7.66. The zero-order chi connectivity index (χ0) is 17.6. The molecule has 10 heteroatoms. The minimum absolute atomic E-state index is 0. The lowest BCUT2D eigenvalue weighted by Gasteiger charge is -2.04. The maximum absolute atomic E-state index is 6.16. The molecule has 0 amide bonds. The summed E-state index contributed by atoms with van der Waals surface area (Å²) >= 11 is 7.76. The summed E-state index contributed by atoms with van der Waals surface area (Å²) in [6, 6.07) is 9.49. The molecule has 7 nitrogen and oxygen atoms in total. The van der Waals surface area contributed by atoms with Crippen LogP contribution in [0.2, 0.25) is 5.02 Å². The van der Waals surface area contributed by atoms with Crippen molar-refractivity contribution in [3.05, 3.63) is 41.1 Å². The lowest BCUT2D eigenvalue weighted by atomic mass is 10.2.